The Kier molecular flexibility index (Phi) is 3.86. The van der Waals surface area contributed by atoms with Gasteiger partial charge in [0.2, 0.25) is 0 Å². The predicted octanol–water partition coefficient (Wildman–Crippen LogP) is 1.17. The molecule has 1 heterocycles. The van der Waals surface area contributed by atoms with Crippen LogP contribution in [0.5, 0.6) is 5.75 Å². The molecule has 4 heteroatoms. The van der Waals surface area contributed by atoms with Crippen molar-refractivity contribution in [3.63, 3.8) is 0 Å². The molecule has 2 N–H and O–H groups in total. The number of morpholine rings is 1. The van der Waals surface area contributed by atoms with E-state index in [0.29, 0.717) is 13.2 Å². The summed E-state index contributed by atoms with van der Waals surface area (Å²) in [6.45, 7) is 4.97. The molecule has 0 saturated carbocycles. The van der Waals surface area contributed by atoms with Gasteiger partial charge in [0.05, 0.1) is 32.1 Å². The fourth-order valence-corrected chi connectivity index (χ4v) is 2.19. The van der Waals surface area contributed by atoms with Crippen molar-refractivity contribution in [2.24, 2.45) is 5.73 Å². The van der Waals surface area contributed by atoms with Crippen LogP contribution in [0, 0.1) is 6.92 Å². The lowest BCUT2D eigenvalue weighted by Crippen LogP contribution is -2.49. The molecule has 0 radical (unpaired) electrons. The van der Waals surface area contributed by atoms with Gasteiger partial charge in [-0.05, 0) is 24.6 Å². The number of ether oxygens (including phenoxy) is 2. The van der Waals surface area contributed by atoms with Crippen molar-refractivity contribution < 1.29 is 9.47 Å². The van der Waals surface area contributed by atoms with Crippen LogP contribution in [0.4, 0.5) is 5.69 Å². The fraction of sp³-hybridized carbons (Fsp3) is 0.538. The predicted molar refractivity (Wildman–Crippen MR) is 68.7 cm³/mol. The normalized spacial score (nSPS) is 20.4. The van der Waals surface area contributed by atoms with E-state index in [-0.39, 0.29) is 6.04 Å². The zero-order valence-corrected chi connectivity index (χ0v) is 10.5. The van der Waals surface area contributed by atoms with Gasteiger partial charge in [-0.25, -0.2) is 0 Å². The number of benzene rings is 1. The lowest BCUT2D eigenvalue weighted by Gasteiger charge is -2.37. The monoisotopic (exact) mass is 236 g/mol. The van der Waals surface area contributed by atoms with Crippen LogP contribution in [0.3, 0.4) is 0 Å². The number of nitrogens with two attached hydrogens (primary N) is 1. The Hall–Kier alpha value is -1.26. The van der Waals surface area contributed by atoms with Gasteiger partial charge in [0.25, 0.3) is 0 Å². The van der Waals surface area contributed by atoms with E-state index in [1.165, 1.54) is 5.56 Å². The molecule has 1 aliphatic heterocycles. The maximum Gasteiger partial charge on any atom is 0.142 e. The first-order valence-corrected chi connectivity index (χ1v) is 5.95. The maximum atomic E-state index is 5.80. The van der Waals surface area contributed by atoms with Gasteiger partial charge in [0.15, 0.2) is 0 Å². The van der Waals surface area contributed by atoms with Gasteiger partial charge in [-0.15, -0.1) is 0 Å². The molecule has 1 saturated heterocycles. The van der Waals surface area contributed by atoms with Gasteiger partial charge in [-0.2, -0.15) is 0 Å². The van der Waals surface area contributed by atoms with E-state index in [0.717, 1.165) is 24.6 Å². The molecule has 1 atom stereocenters. The summed E-state index contributed by atoms with van der Waals surface area (Å²) in [6.07, 6.45) is 0. The average molecular weight is 236 g/mol. The first kappa shape index (κ1) is 12.2. The van der Waals surface area contributed by atoms with Gasteiger partial charge in [0.1, 0.15) is 5.75 Å². The van der Waals surface area contributed by atoms with Crippen molar-refractivity contribution in [2.75, 3.05) is 38.3 Å². The molecule has 0 aliphatic carbocycles. The van der Waals surface area contributed by atoms with Crippen LogP contribution >= 0.6 is 0 Å². The van der Waals surface area contributed by atoms with Gasteiger partial charge >= 0.3 is 0 Å². The minimum Gasteiger partial charge on any atom is -0.495 e. The molecule has 1 unspecified atom stereocenters. The van der Waals surface area contributed by atoms with Gasteiger partial charge in [0, 0.05) is 13.1 Å². The Morgan fingerprint density at radius 1 is 1.53 bits per heavy atom. The van der Waals surface area contributed by atoms with Gasteiger partial charge in [-0.3, -0.25) is 0 Å². The number of rotatable bonds is 3. The van der Waals surface area contributed by atoms with Crippen LogP contribution in [0.2, 0.25) is 0 Å². The Morgan fingerprint density at radius 2 is 2.35 bits per heavy atom. The van der Waals surface area contributed by atoms with Gasteiger partial charge < -0.3 is 20.1 Å². The summed E-state index contributed by atoms with van der Waals surface area (Å²) in [5.41, 5.74) is 8.14. The van der Waals surface area contributed by atoms with E-state index in [1.54, 1.807) is 7.11 Å². The molecule has 0 spiro atoms. The van der Waals surface area contributed by atoms with E-state index in [1.807, 2.05) is 6.07 Å². The molecule has 0 aromatic heterocycles. The van der Waals surface area contributed by atoms with E-state index < -0.39 is 0 Å². The molecular formula is C13H20N2O2. The van der Waals surface area contributed by atoms with Crippen molar-refractivity contribution in [1.29, 1.82) is 0 Å². The molecule has 2 rings (SSSR count). The molecule has 1 aromatic rings. The number of hydrogen-bond donors (Lipinski definition) is 1. The van der Waals surface area contributed by atoms with E-state index in [2.05, 4.69) is 24.0 Å². The summed E-state index contributed by atoms with van der Waals surface area (Å²) >= 11 is 0. The lowest BCUT2D eigenvalue weighted by atomic mass is 10.1. The second-order valence-corrected chi connectivity index (χ2v) is 4.33. The SMILES string of the molecule is COc1ccc(C)cc1N1CCOCC1CN. The molecule has 4 nitrogen and oxygen atoms in total. The minimum atomic E-state index is 0.236. The van der Waals surface area contributed by atoms with E-state index in [4.69, 9.17) is 15.2 Å². The highest BCUT2D eigenvalue weighted by molar-refractivity contribution is 5.61. The molecule has 94 valence electrons. The van der Waals surface area contributed by atoms with Crippen molar-refractivity contribution in [2.45, 2.75) is 13.0 Å². The number of nitrogens with zero attached hydrogens (tertiary/aromatic N) is 1. The van der Waals surface area contributed by atoms with Crippen LogP contribution < -0.4 is 15.4 Å². The van der Waals surface area contributed by atoms with Crippen LogP contribution in [-0.4, -0.2) is 39.5 Å². The van der Waals surface area contributed by atoms with E-state index in [9.17, 15) is 0 Å². The molecule has 1 aromatic carbocycles. The van der Waals surface area contributed by atoms with Crippen molar-refractivity contribution >= 4 is 5.69 Å². The fourth-order valence-electron chi connectivity index (χ4n) is 2.19. The minimum absolute atomic E-state index is 0.236. The first-order valence-electron chi connectivity index (χ1n) is 5.95. The highest BCUT2D eigenvalue weighted by Crippen LogP contribution is 2.31. The number of aryl methyl sites for hydroxylation is 1. The second-order valence-electron chi connectivity index (χ2n) is 4.33. The van der Waals surface area contributed by atoms with Crippen molar-refractivity contribution in [3.8, 4) is 5.75 Å². The van der Waals surface area contributed by atoms with E-state index >= 15 is 0 Å². The molecule has 0 bridgehead atoms. The Balaban J connectivity index is 2.33. The number of hydrogen-bond acceptors (Lipinski definition) is 4. The summed E-state index contributed by atoms with van der Waals surface area (Å²) in [6, 6.07) is 6.44. The first-order chi connectivity index (χ1) is 8.26. The zero-order valence-electron chi connectivity index (χ0n) is 10.5. The lowest BCUT2D eigenvalue weighted by molar-refractivity contribution is 0.0960. The molecule has 1 aliphatic rings. The summed E-state index contributed by atoms with van der Waals surface area (Å²) in [5.74, 6) is 0.899. The highest BCUT2D eigenvalue weighted by atomic mass is 16.5. The summed E-state index contributed by atoms with van der Waals surface area (Å²) in [7, 11) is 1.70. The summed E-state index contributed by atoms with van der Waals surface area (Å²) in [5, 5.41) is 0. The van der Waals surface area contributed by atoms with Crippen LogP contribution in [0.25, 0.3) is 0 Å². The zero-order chi connectivity index (χ0) is 12.3. The largest absolute Gasteiger partial charge is 0.495 e. The maximum absolute atomic E-state index is 5.80. The molecule has 17 heavy (non-hydrogen) atoms. The highest BCUT2D eigenvalue weighted by Gasteiger charge is 2.24. The second kappa shape index (κ2) is 5.38. The topological polar surface area (TPSA) is 47.7 Å². The average Bonchev–Trinajstić information content (AvgIpc) is 2.38. The van der Waals surface area contributed by atoms with Crippen molar-refractivity contribution in [1.82, 2.24) is 0 Å². The number of anilines is 1. The Morgan fingerprint density at radius 3 is 3.06 bits per heavy atom. The van der Waals surface area contributed by atoms with Crippen LogP contribution in [0.1, 0.15) is 5.56 Å². The Bertz CT molecular complexity index is 382. The van der Waals surface area contributed by atoms with Crippen LogP contribution in [-0.2, 0) is 4.74 Å². The van der Waals surface area contributed by atoms with Crippen molar-refractivity contribution in [3.05, 3.63) is 23.8 Å². The molecule has 0 amide bonds. The van der Waals surface area contributed by atoms with Crippen LogP contribution in [0.15, 0.2) is 18.2 Å². The third kappa shape index (κ3) is 2.53. The third-order valence-corrected chi connectivity index (χ3v) is 3.14. The Labute approximate surface area is 102 Å². The summed E-state index contributed by atoms with van der Waals surface area (Å²) in [4.78, 5) is 2.29. The third-order valence-electron chi connectivity index (χ3n) is 3.14. The quantitative estimate of drug-likeness (QED) is 0.855. The summed E-state index contributed by atoms with van der Waals surface area (Å²) < 4.78 is 10.9. The van der Waals surface area contributed by atoms with Gasteiger partial charge in [-0.1, -0.05) is 6.07 Å². The number of methoxy groups -OCH3 is 1. The standard InChI is InChI=1S/C13H20N2O2/c1-10-3-4-13(16-2)12(7-10)15-5-6-17-9-11(15)8-14/h3-4,7,11H,5-6,8-9,14H2,1-2H3. The smallest absolute Gasteiger partial charge is 0.142 e. The molecular weight excluding hydrogens is 216 g/mol. The molecule has 1 fully saturated rings.